The topological polar surface area (TPSA) is 144 Å². The number of urea groups is 2. The SMILES string of the molecule is CCCCCC(C)N1C(=O)C(=C2/C(=C/C=c3c4cccc5cccc(c54)n3C(C)CCC)CC/C2=C\C=c2/c3cccc4cccc(c43)n2C(C)CCC)C(=O)N(CCCC)C1=O.CCCCN1C(=O)C(=C2/C(=C/C=c3c4cccc5cccc(c54)n3C(C)CCC)CC/C2=C\C=c2/c3cccc4cccc(c43)n2C(C)CCC)C(=O)N(C(C)COC)C1=O. The molecular weight excluding hydrogens is 1530 g/mol. The highest BCUT2D eigenvalue weighted by molar-refractivity contribution is 6.31. The molecule has 0 radical (unpaired) electrons. The van der Waals surface area contributed by atoms with Gasteiger partial charge in [0.1, 0.15) is 11.1 Å². The molecule has 4 aromatic heterocycles. The van der Waals surface area contributed by atoms with Crippen LogP contribution in [0.4, 0.5) is 9.59 Å². The molecule has 0 bridgehead atoms. The lowest BCUT2D eigenvalue weighted by atomic mass is 9.94. The fourth-order valence-corrected chi connectivity index (χ4v) is 20.9. The molecule has 8 aromatic carbocycles. The molecule has 15 heteroatoms. The van der Waals surface area contributed by atoms with Crippen molar-refractivity contribution in [3.05, 3.63) is 236 Å². The van der Waals surface area contributed by atoms with Crippen LogP contribution < -0.4 is 21.4 Å². The lowest BCUT2D eigenvalue weighted by molar-refractivity contribution is -0.139. The summed E-state index contributed by atoms with van der Waals surface area (Å²) in [5, 5.41) is 19.1. The van der Waals surface area contributed by atoms with Gasteiger partial charge in [-0.2, -0.15) is 0 Å². The van der Waals surface area contributed by atoms with Crippen molar-refractivity contribution in [3.8, 4) is 0 Å². The van der Waals surface area contributed by atoms with Gasteiger partial charge in [0, 0.05) is 137 Å². The minimum absolute atomic E-state index is 0.0616. The Morgan fingerprint density at radius 2 is 0.573 bits per heavy atom. The summed E-state index contributed by atoms with van der Waals surface area (Å²) in [7, 11) is 1.56. The van der Waals surface area contributed by atoms with Crippen LogP contribution in [0.3, 0.4) is 0 Å². The average Bonchev–Trinajstić information content (AvgIpc) is 1.47. The zero-order valence-electron chi connectivity index (χ0n) is 75.6. The van der Waals surface area contributed by atoms with E-state index in [0.717, 1.165) is 127 Å². The first-order valence-corrected chi connectivity index (χ1v) is 46.6. The van der Waals surface area contributed by atoms with Crippen LogP contribution >= 0.6 is 0 Å². The van der Waals surface area contributed by atoms with Gasteiger partial charge in [-0.3, -0.25) is 38.8 Å². The van der Waals surface area contributed by atoms with E-state index >= 15 is 4.79 Å². The van der Waals surface area contributed by atoms with Gasteiger partial charge in [0.15, 0.2) is 0 Å². The van der Waals surface area contributed by atoms with Crippen LogP contribution in [0.1, 0.15) is 243 Å². The maximum atomic E-state index is 15.1. The summed E-state index contributed by atoms with van der Waals surface area (Å²) in [5.41, 5.74) is 10.1. The highest BCUT2D eigenvalue weighted by atomic mass is 16.5. The predicted octanol–water partition coefficient (Wildman–Crippen LogP) is 23.7. The Morgan fingerprint density at radius 1 is 0.298 bits per heavy atom. The second-order valence-electron chi connectivity index (χ2n) is 35.4. The van der Waals surface area contributed by atoms with E-state index in [1.165, 1.54) is 106 Å². The van der Waals surface area contributed by atoms with Crippen molar-refractivity contribution in [2.75, 3.05) is 26.8 Å². The lowest BCUT2D eigenvalue weighted by Crippen LogP contribution is -2.60. The fourth-order valence-electron chi connectivity index (χ4n) is 20.9. The standard InChI is InChI=1S/C56H66N4O3.C53H60N4O4/c1-8-12-14-21-39(7)60-55(62)53(54(61)57(56(60)63)36-13-9-2)50-42(32-34-46-44-26-15-22-40-24-17-28-48(51(40)44)58(46)37(5)19-10-3)30-31-43(50)33-35-47-45-27-16-23-41-25-18-29-49(52(41)45)59(47)38(6)20-11-4;1-8-11-32-54-51(58)50(52(59)57(53(54)60)36(6)33-61-7)47-39(28-30-43-41-22-12-18-37-20-14-24-45(48(37)41)55(43)34(4)16-9-2)26-27-40(47)29-31-44-42-23-13-19-38-21-15-25-46(49(38)42)56(44)35(5)17-10-3/h15-18,22-29,32-35,37-39H,8-14,19-21,30-31,36H2,1-7H3;12-15,18-25,28-31,34-36H,8-11,16-17,26-27,32-33H2,1-7H3/b42-32+,43-33+,46-34+,47-35?,53-50?;39-28+,40-29+,43-30+,44-31?,50-47?. The Balaban J connectivity index is 0.000000192. The number of carbonyl (C=O) groups excluding carboxylic acids is 6. The van der Waals surface area contributed by atoms with E-state index in [-0.39, 0.29) is 61.1 Å². The normalized spacial score (nSPS) is 20.0. The van der Waals surface area contributed by atoms with E-state index in [1.54, 1.807) is 14.0 Å². The largest absolute Gasteiger partial charge is 0.383 e. The number of unbranched alkanes of at least 4 members (excludes halogenated alkanes) is 4. The molecule has 0 spiro atoms. The maximum Gasteiger partial charge on any atom is 0.334 e. The number of imide groups is 4. The molecule has 4 aliphatic rings. The van der Waals surface area contributed by atoms with Gasteiger partial charge in [0.2, 0.25) is 0 Å². The molecule has 12 aromatic rings. The lowest BCUT2D eigenvalue weighted by Gasteiger charge is -2.38. The highest BCUT2D eigenvalue weighted by Gasteiger charge is 2.48. The van der Waals surface area contributed by atoms with E-state index in [9.17, 15) is 24.0 Å². The van der Waals surface area contributed by atoms with Crippen LogP contribution in [0, 0.1) is 0 Å². The van der Waals surface area contributed by atoms with Crippen molar-refractivity contribution in [1.29, 1.82) is 0 Å². The number of aromatic nitrogens is 4. The molecule has 8 amide bonds. The van der Waals surface area contributed by atoms with Crippen LogP contribution in [0.25, 0.3) is 111 Å². The van der Waals surface area contributed by atoms with Crippen LogP contribution in [0.2, 0.25) is 0 Å². The van der Waals surface area contributed by atoms with Gasteiger partial charge in [0.05, 0.1) is 12.6 Å². The summed E-state index contributed by atoms with van der Waals surface area (Å²) < 4.78 is 15.4. The summed E-state index contributed by atoms with van der Waals surface area (Å²) in [5.74, 6) is -2.03. The molecule has 6 atom stereocenters. The molecule has 644 valence electrons. The third kappa shape index (κ3) is 16.2. The van der Waals surface area contributed by atoms with E-state index in [4.69, 9.17) is 4.74 Å². The molecular formula is C109H126N8O7. The Bertz CT molecular complexity index is 6220. The minimum Gasteiger partial charge on any atom is -0.383 e. The number of amides is 8. The first-order chi connectivity index (χ1) is 60.3. The summed E-state index contributed by atoms with van der Waals surface area (Å²) in [4.78, 5) is 93.4. The molecule has 15 nitrogen and oxygen atoms in total. The molecule has 2 saturated carbocycles. The molecule has 2 saturated heterocycles. The number of hydrogen-bond acceptors (Lipinski definition) is 7. The molecule has 6 heterocycles. The maximum absolute atomic E-state index is 15.1. The first kappa shape index (κ1) is 87.5. The van der Waals surface area contributed by atoms with Crippen molar-refractivity contribution in [3.63, 3.8) is 0 Å². The summed E-state index contributed by atoms with van der Waals surface area (Å²) in [6.45, 7) is 28.8. The third-order valence-electron chi connectivity index (χ3n) is 26.8. The number of ether oxygens (including phenoxy) is 1. The molecule has 2 aliphatic carbocycles. The van der Waals surface area contributed by atoms with Crippen LogP contribution in [-0.2, 0) is 23.9 Å². The summed E-state index contributed by atoms with van der Waals surface area (Å²) >= 11 is 0. The van der Waals surface area contributed by atoms with Gasteiger partial charge in [-0.25, -0.2) is 9.59 Å². The van der Waals surface area contributed by atoms with Gasteiger partial charge in [0.25, 0.3) is 23.6 Å². The Labute approximate surface area is 731 Å². The van der Waals surface area contributed by atoms with Crippen molar-refractivity contribution >= 4 is 147 Å². The number of carbonyl (C=O) groups is 6. The van der Waals surface area contributed by atoms with Crippen molar-refractivity contribution in [2.45, 2.75) is 255 Å². The number of methoxy groups -OCH3 is 1. The molecule has 6 unspecified atom stereocenters. The van der Waals surface area contributed by atoms with E-state index in [0.29, 0.717) is 56.1 Å². The molecule has 4 fully saturated rings. The monoisotopic (exact) mass is 1660 g/mol. The van der Waals surface area contributed by atoms with Crippen molar-refractivity contribution in [1.82, 2.24) is 37.9 Å². The number of barbiturate groups is 2. The number of hydrogen-bond donors (Lipinski definition) is 0. The molecule has 124 heavy (non-hydrogen) atoms. The highest BCUT2D eigenvalue weighted by Crippen LogP contribution is 2.44. The fraction of sp³-hybridized carbons (Fsp3) is 0.394. The van der Waals surface area contributed by atoms with Crippen molar-refractivity contribution < 1.29 is 33.5 Å². The second kappa shape index (κ2) is 38.4. The Kier molecular flexibility index (Phi) is 27.1. The smallest absolute Gasteiger partial charge is 0.334 e. The summed E-state index contributed by atoms with van der Waals surface area (Å²) in [6.07, 6.45) is 35.1. The van der Waals surface area contributed by atoms with E-state index < -0.39 is 41.7 Å². The molecule has 0 N–H and O–H groups in total. The van der Waals surface area contributed by atoms with Gasteiger partial charge in [-0.15, -0.1) is 0 Å². The third-order valence-corrected chi connectivity index (χ3v) is 26.8. The predicted molar refractivity (Wildman–Crippen MR) is 513 cm³/mol. The van der Waals surface area contributed by atoms with E-state index in [1.807, 2.05) is 13.8 Å². The zero-order valence-corrected chi connectivity index (χ0v) is 75.6. The molecule has 2 aliphatic heterocycles. The average molecular weight is 1660 g/mol. The minimum atomic E-state index is -0.578. The number of nitrogens with zero attached hydrogens (tertiary/aromatic N) is 8. The Morgan fingerprint density at radius 3 is 0.839 bits per heavy atom. The Hall–Kier alpha value is -11.4. The van der Waals surface area contributed by atoms with Gasteiger partial charge in [-0.05, 0) is 216 Å². The van der Waals surface area contributed by atoms with Gasteiger partial charge in [-0.1, -0.05) is 252 Å². The summed E-state index contributed by atoms with van der Waals surface area (Å²) in [6, 6.07) is 51.3. The van der Waals surface area contributed by atoms with Gasteiger partial charge >= 0.3 is 12.1 Å². The van der Waals surface area contributed by atoms with Crippen LogP contribution in [0.5, 0.6) is 0 Å². The van der Waals surface area contributed by atoms with Crippen LogP contribution in [0.15, 0.2) is 214 Å². The van der Waals surface area contributed by atoms with E-state index in [2.05, 4.69) is 282 Å². The van der Waals surface area contributed by atoms with Crippen molar-refractivity contribution in [2.24, 2.45) is 0 Å². The second-order valence-corrected chi connectivity index (χ2v) is 35.4. The molecule has 16 rings (SSSR count). The number of rotatable bonds is 30. The number of allylic oxidation sites excluding steroid dienone is 10. The van der Waals surface area contributed by atoms with Crippen LogP contribution in [-0.4, -0.2) is 112 Å². The number of benzene rings is 8. The van der Waals surface area contributed by atoms with Gasteiger partial charge < -0.3 is 23.0 Å². The quantitative estimate of drug-likeness (QED) is 0.0248. The zero-order chi connectivity index (χ0) is 87.3. The first-order valence-electron chi connectivity index (χ1n) is 46.6.